The predicted molar refractivity (Wildman–Crippen MR) is 71.0 cm³/mol. The quantitative estimate of drug-likeness (QED) is 0.878. The third kappa shape index (κ3) is 2.91. The highest BCUT2D eigenvalue weighted by Crippen LogP contribution is 2.16. The molecule has 2 rings (SSSR count). The van der Waals surface area contributed by atoms with Crippen LogP contribution in [0, 0.1) is 13.8 Å². The lowest BCUT2D eigenvalue weighted by atomic mass is 10.3. The number of aromatic nitrogens is 1. The molecular formula is C12H13ClN2O2S. The van der Waals surface area contributed by atoms with E-state index >= 15 is 0 Å². The van der Waals surface area contributed by atoms with Crippen molar-refractivity contribution in [2.45, 2.75) is 26.3 Å². The first-order valence-corrected chi connectivity index (χ1v) is 6.86. The largest absolute Gasteiger partial charge is 0.456 e. The van der Waals surface area contributed by atoms with Gasteiger partial charge in [-0.05, 0) is 19.9 Å². The number of halogens is 1. The lowest BCUT2D eigenvalue weighted by Crippen LogP contribution is -2.22. The van der Waals surface area contributed by atoms with Gasteiger partial charge in [0.1, 0.15) is 10.8 Å². The van der Waals surface area contributed by atoms with E-state index in [1.807, 2.05) is 12.3 Å². The average Bonchev–Trinajstić information content (AvgIpc) is 2.92. The topological polar surface area (TPSA) is 55.1 Å². The van der Waals surface area contributed by atoms with Crippen LogP contribution in [-0.2, 0) is 12.4 Å². The fourth-order valence-corrected chi connectivity index (χ4v) is 2.47. The summed E-state index contributed by atoms with van der Waals surface area (Å²) in [7, 11) is 0. The Labute approximate surface area is 114 Å². The minimum Gasteiger partial charge on any atom is -0.456 e. The van der Waals surface area contributed by atoms with Gasteiger partial charge in [-0.3, -0.25) is 4.79 Å². The van der Waals surface area contributed by atoms with Crippen molar-refractivity contribution < 1.29 is 9.21 Å². The molecule has 1 N–H and O–H groups in total. The maximum Gasteiger partial charge on any atom is 0.287 e. The molecule has 1 amide bonds. The van der Waals surface area contributed by atoms with Gasteiger partial charge in [-0.25, -0.2) is 4.98 Å². The zero-order chi connectivity index (χ0) is 13.1. The molecule has 2 aromatic rings. The highest BCUT2D eigenvalue weighted by atomic mass is 35.5. The zero-order valence-electron chi connectivity index (χ0n) is 10.1. The van der Waals surface area contributed by atoms with E-state index in [9.17, 15) is 4.79 Å². The fourth-order valence-electron chi connectivity index (χ4n) is 1.49. The van der Waals surface area contributed by atoms with Crippen molar-refractivity contribution in [3.8, 4) is 0 Å². The lowest BCUT2D eigenvalue weighted by molar-refractivity contribution is 0.0922. The molecule has 0 unspecified atom stereocenters. The summed E-state index contributed by atoms with van der Waals surface area (Å²) >= 11 is 7.25. The molecule has 96 valence electrons. The van der Waals surface area contributed by atoms with E-state index in [0.29, 0.717) is 18.2 Å². The van der Waals surface area contributed by atoms with Gasteiger partial charge in [0.05, 0.1) is 12.4 Å². The molecule has 0 aliphatic heterocycles. The Bertz CT molecular complexity index is 562. The van der Waals surface area contributed by atoms with Crippen LogP contribution < -0.4 is 5.32 Å². The first kappa shape index (κ1) is 13.1. The molecule has 2 heterocycles. The van der Waals surface area contributed by atoms with Gasteiger partial charge in [-0.15, -0.1) is 22.9 Å². The van der Waals surface area contributed by atoms with Gasteiger partial charge in [-0.2, -0.15) is 0 Å². The third-order valence-electron chi connectivity index (χ3n) is 2.46. The SMILES string of the molecule is Cc1csc(CNC(=O)c2cc(CCl)c(C)o2)n1. The number of amides is 1. The van der Waals surface area contributed by atoms with Crippen molar-refractivity contribution in [3.63, 3.8) is 0 Å². The van der Waals surface area contributed by atoms with Crippen molar-refractivity contribution in [2.75, 3.05) is 0 Å². The smallest absolute Gasteiger partial charge is 0.287 e. The Balaban J connectivity index is 1.99. The Kier molecular flexibility index (Phi) is 4.04. The molecule has 0 saturated heterocycles. The Morgan fingerprint density at radius 2 is 2.33 bits per heavy atom. The molecule has 0 fully saturated rings. The van der Waals surface area contributed by atoms with E-state index in [4.69, 9.17) is 16.0 Å². The van der Waals surface area contributed by atoms with E-state index < -0.39 is 0 Å². The minimum atomic E-state index is -0.248. The number of aryl methyl sites for hydroxylation is 2. The van der Waals surface area contributed by atoms with Crippen molar-refractivity contribution in [1.29, 1.82) is 0 Å². The van der Waals surface area contributed by atoms with E-state index in [2.05, 4.69) is 10.3 Å². The van der Waals surface area contributed by atoms with Crippen LogP contribution in [0.2, 0.25) is 0 Å². The van der Waals surface area contributed by atoms with Crippen LogP contribution in [0.3, 0.4) is 0 Å². The van der Waals surface area contributed by atoms with Crippen LogP contribution >= 0.6 is 22.9 Å². The second kappa shape index (κ2) is 5.54. The monoisotopic (exact) mass is 284 g/mol. The van der Waals surface area contributed by atoms with Gasteiger partial charge in [0.15, 0.2) is 5.76 Å². The number of furan rings is 1. The molecule has 18 heavy (non-hydrogen) atoms. The summed E-state index contributed by atoms with van der Waals surface area (Å²) in [5, 5.41) is 5.59. The molecule has 0 bridgehead atoms. The van der Waals surface area contributed by atoms with Gasteiger partial charge in [-0.1, -0.05) is 0 Å². The summed E-state index contributed by atoms with van der Waals surface area (Å²) in [6.07, 6.45) is 0. The number of thiazole rings is 1. The predicted octanol–water partition coefficient (Wildman–Crippen LogP) is 3.02. The van der Waals surface area contributed by atoms with Gasteiger partial charge < -0.3 is 9.73 Å². The zero-order valence-corrected chi connectivity index (χ0v) is 11.7. The molecule has 0 spiro atoms. The summed E-state index contributed by atoms with van der Waals surface area (Å²) < 4.78 is 5.35. The molecule has 0 aliphatic carbocycles. The van der Waals surface area contributed by atoms with Crippen LogP contribution in [0.25, 0.3) is 0 Å². The van der Waals surface area contributed by atoms with Crippen LogP contribution in [0.15, 0.2) is 15.9 Å². The maximum atomic E-state index is 11.8. The highest BCUT2D eigenvalue weighted by molar-refractivity contribution is 7.09. The Hall–Kier alpha value is -1.33. The van der Waals surface area contributed by atoms with Gasteiger partial charge in [0.2, 0.25) is 0 Å². The van der Waals surface area contributed by atoms with Gasteiger partial charge in [0, 0.05) is 16.6 Å². The standard InChI is InChI=1S/C12H13ClN2O2S/c1-7-6-18-11(15-7)5-14-12(16)10-3-9(4-13)8(2)17-10/h3,6H,4-5H2,1-2H3,(H,14,16). The van der Waals surface area contributed by atoms with E-state index in [-0.39, 0.29) is 11.7 Å². The number of rotatable bonds is 4. The van der Waals surface area contributed by atoms with Gasteiger partial charge in [0.25, 0.3) is 5.91 Å². The molecule has 4 nitrogen and oxygen atoms in total. The third-order valence-corrected chi connectivity index (χ3v) is 3.71. The first-order valence-electron chi connectivity index (χ1n) is 5.44. The number of nitrogens with one attached hydrogen (secondary N) is 1. The second-order valence-corrected chi connectivity index (χ2v) is 5.10. The van der Waals surface area contributed by atoms with Crippen molar-refractivity contribution in [2.24, 2.45) is 0 Å². The molecule has 6 heteroatoms. The second-order valence-electron chi connectivity index (χ2n) is 3.89. The Morgan fingerprint density at radius 3 is 2.89 bits per heavy atom. The van der Waals surface area contributed by atoms with Crippen LogP contribution in [-0.4, -0.2) is 10.9 Å². The lowest BCUT2D eigenvalue weighted by Gasteiger charge is -1.99. The molecule has 0 aromatic carbocycles. The van der Waals surface area contributed by atoms with Gasteiger partial charge >= 0.3 is 0 Å². The average molecular weight is 285 g/mol. The maximum absolute atomic E-state index is 11.8. The Morgan fingerprint density at radius 1 is 1.56 bits per heavy atom. The van der Waals surface area contributed by atoms with Crippen molar-refractivity contribution in [1.82, 2.24) is 10.3 Å². The number of hydrogen-bond acceptors (Lipinski definition) is 4. The van der Waals surface area contributed by atoms with E-state index in [0.717, 1.165) is 16.3 Å². The molecular weight excluding hydrogens is 272 g/mol. The molecule has 0 atom stereocenters. The highest BCUT2D eigenvalue weighted by Gasteiger charge is 2.14. The number of alkyl halides is 1. The number of carbonyl (C=O) groups is 1. The normalized spacial score (nSPS) is 10.6. The summed E-state index contributed by atoms with van der Waals surface area (Å²) in [5.41, 5.74) is 1.80. The number of nitrogens with zero attached hydrogens (tertiary/aromatic N) is 1. The minimum absolute atomic E-state index is 0.248. The van der Waals surface area contributed by atoms with Crippen LogP contribution in [0.5, 0.6) is 0 Å². The number of hydrogen-bond donors (Lipinski definition) is 1. The summed E-state index contributed by atoms with van der Waals surface area (Å²) in [6, 6.07) is 1.67. The molecule has 0 radical (unpaired) electrons. The first-order chi connectivity index (χ1) is 8.60. The van der Waals surface area contributed by atoms with Crippen molar-refractivity contribution in [3.05, 3.63) is 39.2 Å². The van der Waals surface area contributed by atoms with Crippen LogP contribution in [0.4, 0.5) is 0 Å². The van der Waals surface area contributed by atoms with Crippen molar-refractivity contribution >= 4 is 28.8 Å². The van der Waals surface area contributed by atoms with Crippen LogP contribution in [0.1, 0.15) is 32.6 Å². The summed E-state index contributed by atoms with van der Waals surface area (Å²) in [5.74, 6) is 1.06. The van der Waals surface area contributed by atoms with E-state index in [1.54, 1.807) is 13.0 Å². The molecule has 0 aliphatic rings. The fraction of sp³-hybridized carbons (Fsp3) is 0.333. The molecule has 2 aromatic heterocycles. The molecule has 0 saturated carbocycles. The summed E-state index contributed by atoms with van der Waals surface area (Å²) in [6.45, 7) is 4.12. The van der Waals surface area contributed by atoms with E-state index in [1.165, 1.54) is 11.3 Å². The summed E-state index contributed by atoms with van der Waals surface area (Å²) in [4.78, 5) is 16.1. The number of carbonyl (C=O) groups excluding carboxylic acids is 1.